The van der Waals surface area contributed by atoms with Crippen molar-refractivity contribution >= 4 is 32.2 Å². The Balaban J connectivity index is 1.82. The number of nitrogens with one attached hydrogen (secondary N) is 1. The first-order valence-corrected chi connectivity index (χ1v) is 10.6. The first-order valence-electron chi connectivity index (χ1n) is 9.82. The molecule has 6 nitrogen and oxygen atoms in total. The van der Waals surface area contributed by atoms with Crippen LogP contribution < -0.4 is 5.56 Å². The lowest BCUT2D eigenvalue weighted by Gasteiger charge is -2.10. The average molecular weight is 447 g/mol. The summed E-state index contributed by atoms with van der Waals surface area (Å²) in [7, 11) is 0. The van der Waals surface area contributed by atoms with Gasteiger partial charge in [-0.15, -0.1) is 11.3 Å². The van der Waals surface area contributed by atoms with Gasteiger partial charge in [-0.25, -0.2) is 9.78 Å². The van der Waals surface area contributed by atoms with Gasteiger partial charge in [-0.2, -0.15) is 24.2 Å². The van der Waals surface area contributed by atoms with Crippen LogP contribution in [0, 0.1) is 11.3 Å². The van der Waals surface area contributed by atoms with E-state index in [0.29, 0.717) is 54.5 Å². The standard InChI is InChI=1S/C23H15F2N5OS/c1-2-18-15-9-12(7-8-14(15)22(31)29-28-18)17-11-27-30(23(24)25)20(17)21-16(10-26)13-5-3-4-6-19(13)32-21/h3-9,11,23H,2H2,1H3,(H,29,31). The Morgan fingerprint density at radius 3 is 2.75 bits per heavy atom. The molecule has 32 heavy (non-hydrogen) atoms. The zero-order valence-corrected chi connectivity index (χ0v) is 17.6. The summed E-state index contributed by atoms with van der Waals surface area (Å²) in [6, 6.07) is 14.6. The number of aryl methyl sites for hydroxylation is 1. The van der Waals surface area contributed by atoms with Crippen LogP contribution in [-0.4, -0.2) is 20.0 Å². The summed E-state index contributed by atoms with van der Waals surface area (Å²) in [6.45, 7) is -0.963. The van der Waals surface area contributed by atoms with E-state index in [9.17, 15) is 18.8 Å². The maximum Gasteiger partial charge on any atom is 0.333 e. The predicted octanol–water partition coefficient (Wildman–Crippen LogP) is 5.50. The highest BCUT2D eigenvalue weighted by Gasteiger charge is 2.25. The molecule has 5 rings (SSSR count). The Hall–Kier alpha value is -3.90. The molecule has 0 unspecified atom stereocenters. The van der Waals surface area contributed by atoms with Crippen molar-refractivity contribution in [3.8, 4) is 27.8 Å². The van der Waals surface area contributed by atoms with Crippen molar-refractivity contribution in [1.29, 1.82) is 5.26 Å². The Bertz CT molecular complexity index is 1590. The molecule has 0 amide bonds. The molecular formula is C23H15F2N5OS. The number of halogens is 2. The summed E-state index contributed by atoms with van der Waals surface area (Å²) in [5.41, 5.74) is 1.96. The second-order valence-corrected chi connectivity index (χ2v) is 8.21. The second-order valence-electron chi connectivity index (χ2n) is 7.16. The van der Waals surface area contributed by atoms with Gasteiger partial charge < -0.3 is 0 Å². The fraction of sp³-hybridized carbons (Fsp3) is 0.130. The lowest BCUT2D eigenvalue weighted by molar-refractivity contribution is 0.0586. The molecule has 0 aliphatic rings. The molecule has 2 aromatic carbocycles. The third kappa shape index (κ3) is 2.99. The molecule has 0 radical (unpaired) electrons. The van der Waals surface area contributed by atoms with Crippen molar-refractivity contribution < 1.29 is 8.78 Å². The van der Waals surface area contributed by atoms with Crippen LogP contribution in [0.3, 0.4) is 0 Å². The molecule has 0 aliphatic heterocycles. The minimum atomic E-state index is -2.88. The van der Waals surface area contributed by atoms with Crippen molar-refractivity contribution in [2.24, 2.45) is 0 Å². The van der Waals surface area contributed by atoms with E-state index in [1.807, 2.05) is 25.1 Å². The number of alkyl halides is 2. The number of H-pyrrole nitrogens is 1. The molecular weight excluding hydrogens is 432 g/mol. The number of hydrogen-bond acceptors (Lipinski definition) is 5. The van der Waals surface area contributed by atoms with Gasteiger partial charge in [0.15, 0.2) is 0 Å². The van der Waals surface area contributed by atoms with E-state index in [2.05, 4.69) is 21.4 Å². The molecule has 0 fully saturated rings. The van der Waals surface area contributed by atoms with Crippen molar-refractivity contribution in [2.75, 3.05) is 0 Å². The van der Waals surface area contributed by atoms with Crippen LogP contribution in [0.15, 0.2) is 53.5 Å². The van der Waals surface area contributed by atoms with Gasteiger partial charge in [-0.3, -0.25) is 4.79 Å². The van der Waals surface area contributed by atoms with Crippen molar-refractivity contribution in [1.82, 2.24) is 20.0 Å². The summed E-state index contributed by atoms with van der Waals surface area (Å²) >= 11 is 1.28. The molecule has 3 heterocycles. The average Bonchev–Trinajstić information content (AvgIpc) is 3.40. The third-order valence-electron chi connectivity index (χ3n) is 5.42. The van der Waals surface area contributed by atoms with Crippen LogP contribution in [0.5, 0.6) is 0 Å². The molecule has 3 aromatic heterocycles. The quantitative estimate of drug-likeness (QED) is 0.394. The van der Waals surface area contributed by atoms with Crippen LogP contribution >= 0.6 is 11.3 Å². The molecule has 5 aromatic rings. The monoisotopic (exact) mass is 447 g/mol. The van der Waals surface area contributed by atoms with Crippen LogP contribution in [0.1, 0.15) is 24.7 Å². The maximum absolute atomic E-state index is 13.9. The van der Waals surface area contributed by atoms with E-state index in [-0.39, 0.29) is 11.3 Å². The number of nitriles is 1. The predicted molar refractivity (Wildman–Crippen MR) is 120 cm³/mol. The topological polar surface area (TPSA) is 87.4 Å². The number of aromatic nitrogens is 4. The highest BCUT2D eigenvalue weighted by Crippen LogP contribution is 2.43. The van der Waals surface area contributed by atoms with Crippen LogP contribution in [0.25, 0.3) is 42.6 Å². The SMILES string of the molecule is CCc1n[nH]c(=O)c2ccc(-c3cnn(C(F)F)c3-c3sc4ccccc4c3C#N)cc12. The van der Waals surface area contributed by atoms with E-state index in [4.69, 9.17) is 0 Å². The lowest BCUT2D eigenvalue weighted by Crippen LogP contribution is -2.10. The molecule has 0 bridgehead atoms. The highest BCUT2D eigenvalue weighted by atomic mass is 32.1. The smallest absolute Gasteiger partial charge is 0.267 e. The van der Waals surface area contributed by atoms with E-state index < -0.39 is 6.55 Å². The lowest BCUT2D eigenvalue weighted by atomic mass is 9.99. The third-order valence-corrected chi connectivity index (χ3v) is 6.59. The Morgan fingerprint density at radius 1 is 1.19 bits per heavy atom. The van der Waals surface area contributed by atoms with E-state index in [1.165, 1.54) is 17.5 Å². The number of nitrogens with zero attached hydrogens (tertiary/aromatic N) is 4. The largest absolute Gasteiger partial charge is 0.333 e. The number of fused-ring (bicyclic) bond motifs is 2. The molecule has 0 spiro atoms. The van der Waals surface area contributed by atoms with E-state index in [0.717, 1.165) is 4.70 Å². The molecule has 1 N–H and O–H groups in total. The first-order chi connectivity index (χ1) is 15.5. The minimum absolute atomic E-state index is 0.174. The van der Waals surface area contributed by atoms with Gasteiger partial charge in [-0.05, 0) is 30.2 Å². The van der Waals surface area contributed by atoms with E-state index in [1.54, 1.807) is 24.3 Å². The number of rotatable bonds is 4. The zero-order chi connectivity index (χ0) is 22.4. The second kappa shape index (κ2) is 7.66. The van der Waals surface area contributed by atoms with Gasteiger partial charge in [-0.1, -0.05) is 31.2 Å². The van der Waals surface area contributed by atoms with Gasteiger partial charge in [0, 0.05) is 21.0 Å². The molecule has 0 atom stereocenters. The Kier molecular flexibility index (Phi) is 4.79. The van der Waals surface area contributed by atoms with Crippen LogP contribution in [0.4, 0.5) is 8.78 Å². The summed E-state index contributed by atoms with van der Waals surface area (Å²) in [6.07, 6.45) is 1.97. The number of hydrogen-bond donors (Lipinski definition) is 1. The Labute approximate surface area is 184 Å². The van der Waals surface area contributed by atoms with Gasteiger partial charge >= 0.3 is 6.55 Å². The minimum Gasteiger partial charge on any atom is -0.267 e. The number of benzene rings is 2. The summed E-state index contributed by atoms with van der Waals surface area (Å²) in [5.74, 6) is 0. The number of thiophene rings is 1. The zero-order valence-electron chi connectivity index (χ0n) is 16.8. The van der Waals surface area contributed by atoms with Crippen LogP contribution in [0.2, 0.25) is 0 Å². The molecule has 0 aliphatic carbocycles. The van der Waals surface area contributed by atoms with Gasteiger partial charge in [0.05, 0.1) is 33.4 Å². The molecule has 0 saturated heterocycles. The van der Waals surface area contributed by atoms with Gasteiger partial charge in [0.2, 0.25) is 0 Å². The van der Waals surface area contributed by atoms with Gasteiger partial charge in [0.1, 0.15) is 6.07 Å². The van der Waals surface area contributed by atoms with Crippen molar-refractivity contribution in [3.63, 3.8) is 0 Å². The molecule has 0 saturated carbocycles. The Morgan fingerprint density at radius 2 is 2.00 bits per heavy atom. The van der Waals surface area contributed by atoms with Gasteiger partial charge in [0.25, 0.3) is 5.56 Å². The fourth-order valence-corrected chi connectivity index (χ4v) is 5.13. The summed E-state index contributed by atoms with van der Waals surface area (Å²) < 4.78 is 29.3. The van der Waals surface area contributed by atoms with Crippen molar-refractivity contribution in [2.45, 2.75) is 19.9 Å². The maximum atomic E-state index is 13.9. The summed E-state index contributed by atoms with van der Waals surface area (Å²) in [5, 5.41) is 22.2. The van der Waals surface area contributed by atoms with Crippen LogP contribution in [-0.2, 0) is 6.42 Å². The first kappa shape index (κ1) is 20.0. The molecule has 158 valence electrons. The molecule has 9 heteroatoms. The van der Waals surface area contributed by atoms with Crippen molar-refractivity contribution in [3.05, 3.63) is 70.3 Å². The summed E-state index contributed by atoms with van der Waals surface area (Å²) in [4.78, 5) is 12.6. The van der Waals surface area contributed by atoms with E-state index >= 15 is 0 Å². The normalized spacial score (nSPS) is 11.5. The number of aromatic amines is 1. The fourth-order valence-electron chi connectivity index (χ4n) is 3.93. The highest BCUT2D eigenvalue weighted by molar-refractivity contribution is 7.22.